The van der Waals surface area contributed by atoms with Gasteiger partial charge in [-0.05, 0) is 86.4 Å². The Bertz CT molecular complexity index is 2090. The molecular formula is C33H29FN4O3S3. The summed E-state index contributed by atoms with van der Waals surface area (Å²) in [6.07, 6.45) is 3.22. The predicted molar refractivity (Wildman–Crippen MR) is 175 cm³/mol. The Kier molecular flexibility index (Phi) is 8.02. The van der Waals surface area contributed by atoms with E-state index in [0.29, 0.717) is 28.7 Å². The van der Waals surface area contributed by atoms with Gasteiger partial charge in [0.1, 0.15) is 5.82 Å². The van der Waals surface area contributed by atoms with Gasteiger partial charge in [0.15, 0.2) is 5.69 Å². The van der Waals surface area contributed by atoms with Gasteiger partial charge in [-0.3, -0.25) is 5.14 Å². The molecule has 44 heavy (non-hydrogen) atoms. The molecule has 5 aromatic rings. The highest BCUT2D eigenvalue weighted by Gasteiger charge is 2.29. The van der Waals surface area contributed by atoms with Crippen molar-refractivity contribution in [3.8, 4) is 28.2 Å². The number of thiophene rings is 1. The fourth-order valence-electron chi connectivity index (χ4n) is 5.10. The number of carboxylic acid groups (broad SMARTS) is 1. The van der Waals surface area contributed by atoms with Crippen LogP contribution in [0, 0.1) is 37.4 Å². The first-order chi connectivity index (χ1) is 21.0. The fraction of sp³-hybridized carbons (Fsp3) is 0.212. The third-order valence-corrected chi connectivity index (χ3v) is 10.4. The van der Waals surface area contributed by atoms with Crippen LogP contribution in [0.4, 0.5) is 4.39 Å². The average Bonchev–Trinajstić information content (AvgIpc) is 3.36. The molecule has 0 amide bonds. The van der Waals surface area contributed by atoms with Crippen molar-refractivity contribution in [3.63, 3.8) is 0 Å². The molecule has 1 aliphatic carbocycles. The van der Waals surface area contributed by atoms with Crippen LogP contribution >= 0.6 is 22.7 Å². The number of nitrogens with zero attached hydrogens (tertiary/aromatic N) is 3. The number of nitrogens with two attached hydrogens (primary N) is 1. The minimum Gasteiger partial charge on any atom is -0.476 e. The summed E-state index contributed by atoms with van der Waals surface area (Å²) in [4.78, 5) is 18.1. The zero-order valence-corrected chi connectivity index (χ0v) is 26.5. The molecule has 0 aliphatic heterocycles. The number of benzene rings is 2. The molecule has 1 unspecified atom stereocenters. The Labute approximate surface area is 263 Å². The maximum Gasteiger partial charge on any atom is 0.355 e. The Morgan fingerprint density at radius 3 is 2.64 bits per heavy atom. The third-order valence-electron chi connectivity index (χ3n) is 7.41. The molecule has 1 atom stereocenters. The molecule has 224 valence electrons. The van der Waals surface area contributed by atoms with Crippen LogP contribution in [-0.4, -0.2) is 35.9 Å². The maximum atomic E-state index is 15.1. The molecular weight excluding hydrogens is 616 g/mol. The Hall–Kier alpha value is -4.08. The van der Waals surface area contributed by atoms with Crippen molar-refractivity contribution in [1.82, 2.24) is 14.8 Å². The van der Waals surface area contributed by atoms with E-state index in [1.165, 1.54) is 33.7 Å². The van der Waals surface area contributed by atoms with Gasteiger partial charge in [-0.1, -0.05) is 30.0 Å². The van der Waals surface area contributed by atoms with Crippen molar-refractivity contribution in [1.29, 1.82) is 0 Å². The van der Waals surface area contributed by atoms with Crippen LogP contribution in [0.25, 0.3) is 16.4 Å². The zero-order valence-electron chi connectivity index (χ0n) is 24.1. The number of halogens is 1. The van der Waals surface area contributed by atoms with Crippen molar-refractivity contribution in [2.75, 3.05) is 0 Å². The SMILES string of the molecule is C=S(N)(=O)c1ccc(Cc2c(-c3cccc(C#Cc4sc(C)cc4C)c3)nn(-c3nc(C(=O)O)cs3)c2CC2CC2)cc1F. The van der Waals surface area contributed by atoms with Crippen LogP contribution in [0.1, 0.15) is 61.0 Å². The molecule has 0 spiro atoms. The highest BCUT2D eigenvalue weighted by Crippen LogP contribution is 2.38. The number of carboxylic acids is 1. The normalized spacial score (nSPS) is 14.2. The van der Waals surface area contributed by atoms with Crippen LogP contribution in [0.2, 0.25) is 0 Å². The van der Waals surface area contributed by atoms with E-state index >= 15 is 4.39 Å². The first kappa shape index (κ1) is 30.0. The van der Waals surface area contributed by atoms with Crippen molar-refractivity contribution in [2.24, 2.45) is 11.1 Å². The molecule has 11 heteroatoms. The summed E-state index contributed by atoms with van der Waals surface area (Å²) in [5.41, 5.74) is 5.87. The third kappa shape index (κ3) is 6.39. The van der Waals surface area contributed by atoms with E-state index in [-0.39, 0.29) is 10.6 Å². The number of hydrogen-bond donors (Lipinski definition) is 2. The molecule has 3 heterocycles. The number of carbonyl (C=O) groups is 1. The van der Waals surface area contributed by atoms with Crippen LogP contribution in [0.15, 0.2) is 58.8 Å². The zero-order chi connectivity index (χ0) is 31.2. The summed E-state index contributed by atoms with van der Waals surface area (Å²) in [7, 11) is -3.22. The predicted octanol–water partition coefficient (Wildman–Crippen LogP) is 6.40. The van der Waals surface area contributed by atoms with E-state index in [2.05, 4.69) is 42.6 Å². The van der Waals surface area contributed by atoms with E-state index < -0.39 is 21.5 Å². The topological polar surface area (TPSA) is 111 Å². The maximum absolute atomic E-state index is 15.1. The first-order valence-electron chi connectivity index (χ1n) is 13.9. The van der Waals surface area contributed by atoms with Crippen molar-refractivity contribution < 1.29 is 18.5 Å². The molecule has 2 aromatic carbocycles. The lowest BCUT2D eigenvalue weighted by Gasteiger charge is -2.11. The van der Waals surface area contributed by atoms with E-state index in [0.717, 1.165) is 52.1 Å². The fourth-order valence-corrected chi connectivity index (χ4v) is 7.44. The summed E-state index contributed by atoms with van der Waals surface area (Å²) in [6, 6.07) is 14.4. The van der Waals surface area contributed by atoms with Crippen LogP contribution in [-0.2, 0) is 22.5 Å². The highest BCUT2D eigenvalue weighted by atomic mass is 32.2. The molecule has 1 fully saturated rings. The summed E-state index contributed by atoms with van der Waals surface area (Å²) < 4.78 is 29.1. The first-order valence-corrected chi connectivity index (χ1v) is 17.4. The van der Waals surface area contributed by atoms with Gasteiger partial charge in [-0.2, -0.15) is 5.10 Å². The quantitative estimate of drug-likeness (QED) is 0.150. The molecule has 3 aromatic heterocycles. The summed E-state index contributed by atoms with van der Waals surface area (Å²) >= 11 is 2.87. The molecule has 3 N–H and O–H groups in total. The van der Waals surface area contributed by atoms with Crippen molar-refractivity contribution in [3.05, 3.63) is 103 Å². The lowest BCUT2D eigenvalue weighted by molar-refractivity contribution is 0.0691. The Balaban J connectivity index is 1.49. The van der Waals surface area contributed by atoms with Crippen LogP contribution in [0.3, 0.4) is 0 Å². The van der Waals surface area contributed by atoms with Gasteiger partial charge in [0.25, 0.3) is 0 Å². The number of rotatable bonds is 8. The van der Waals surface area contributed by atoms with Gasteiger partial charge in [0, 0.05) is 33.4 Å². The molecule has 7 nitrogen and oxygen atoms in total. The number of aromatic nitrogens is 3. The Morgan fingerprint density at radius 1 is 1.20 bits per heavy atom. The minimum atomic E-state index is -3.22. The van der Waals surface area contributed by atoms with Gasteiger partial charge >= 0.3 is 5.97 Å². The summed E-state index contributed by atoms with van der Waals surface area (Å²) in [5.74, 6) is 8.69. The number of aromatic carboxylic acids is 1. The number of hydrogen-bond acceptors (Lipinski definition) is 6. The van der Waals surface area contributed by atoms with E-state index in [9.17, 15) is 14.1 Å². The van der Waals surface area contributed by atoms with E-state index in [4.69, 9.17) is 10.2 Å². The lowest BCUT2D eigenvalue weighted by atomic mass is 9.96. The van der Waals surface area contributed by atoms with Crippen LogP contribution < -0.4 is 5.14 Å². The number of thiazole rings is 1. The van der Waals surface area contributed by atoms with Gasteiger partial charge in [-0.15, -0.1) is 22.7 Å². The van der Waals surface area contributed by atoms with Gasteiger partial charge in [0.2, 0.25) is 5.13 Å². The summed E-state index contributed by atoms with van der Waals surface area (Å²) in [5, 5.41) is 22.1. The molecule has 0 bridgehead atoms. The van der Waals surface area contributed by atoms with Gasteiger partial charge in [-0.25, -0.2) is 23.1 Å². The second kappa shape index (κ2) is 11.8. The standard InChI is InChI=1S/C33H29FN4O3S3/c1-19-13-20(2)43-29(19)11-9-21-5-4-6-24(14-21)31-25(15-23-10-12-30(26(34)16-23)44(3,35)41)28(17-22-7-8-22)38(37-31)33-36-27(18-42-33)32(39)40/h4-6,10,12-14,16,18,22H,3,7-8,15,17H2,1-2H3,(H2,35,41)(H,39,40). The molecule has 6 rings (SSSR count). The van der Waals surface area contributed by atoms with Crippen LogP contribution in [0.5, 0.6) is 0 Å². The van der Waals surface area contributed by atoms with Gasteiger partial charge < -0.3 is 5.11 Å². The second-order valence-electron chi connectivity index (χ2n) is 11.0. The van der Waals surface area contributed by atoms with E-state index in [1.807, 2.05) is 24.3 Å². The molecule has 0 saturated heterocycles. The average molecular weight is 645 g/mol. The lowest BCUT2D eigenvalue weighted by Crippen LogP contribution is -2.14. The monoisotopic (exact) mass is 644 g/mol. The second-order valence-corrected chi connectivity index (χ2v) is 15.0. The highest BCUT2D eigenvalue weighted by molar-refractivity contribution is 7.98. The summed E-state index contributed by atoms with van der Waals surface area (Å²) in [6.45, 7) is 4.12. The largest absolute Gasteiger partial charge is 0.476 e. The van der Waals surface area contributed by atoms with Gasteiger partial charge in [0.05, 0.1) is 30.9 Å². The van der Waals surface area contributed by atoms with Crippen molar-refractivity contribution >= 4 is 44.2 Å². The molecule has 0 radical (unpaired) electrons. The molecule has 1 aliphatic rings. The minimum absolute atomic E-state index is 0.0476. The van der Waals surface area contributed by atoms with Crippen molar-refractivity contribution in [2.45, 2.75) is 44.4 Å². The Morgan fingerprint density at radius 2 is 2.00 bits per heavy atom. The molecule has 1 saturated carbocycles. The number of aryl methyl sites for hydroxylation is 2. The smallest absolute Gasteiger partial charge is 0.355 e. The van der Waals surface area contributed by atoms with E-state index in [1.54, 1.807) is 22.1 Å².